The molecule has 0 aromatic heterocycles. The van der Waals surface area contributed by atoms with Gasteiger partial charge in [0.15, 0.2) is 0 Å². The Morgan fingerprint density at radius 3 is 2.83 bits per heavy atom. The van der Waals surface area contributed by atoms with E-state index in [9.17, 15) is 4.39 Å². The molecular formula is C9H13FN2. The molecule has 12 heavy (non-hydrogen) atoms. The predicted molar refractivity (Wildman–Crippen MR) is 49.6 cm³/mol. The third-order valence-corrected chi connectivity index (χ3v) is 1.60. The number of hydrogen-bond donors (Lipinski definition) is 2. The highest BCUT2D eigenvalue weighted by molar-refractivity contribution is 5.66. The first kappa shape index (κ1) is 8.84. The summed E-state index contributed by atoms with van der Waals surface area (Å²) in [5, 5.41) is 2.93. The second kappa shape index (κ2) is 3.95. The normalized spacial score (nSPS) is 9.83. The first-order valence-electron chi connectivity index (χ1n) is 4.03. The molecule has 0 atom stereocenters. The summed E-state index contributed by atoms with van der Waals surface area (Å²) < 4.78 is 13.0. The van der Waals surface area contributed by atoms with Gasteiger partial charge in [-0.3, -0.25) is 0 Å². The van der Waals surface area contributed by atoms with E-state index >= 15 is 0 Å². The third-order valence-electron chi connectivity index (χ3n) is 1.60. The Labute approximate surface area is 71.6 Å². The van der Waals surface area contributed by atoms with Gasteiger partial charge in [0.1, 0.15) is 5.82 Å². The van der Waals surface area contributed by atoms with Crippen LogP contribution in [0.15, 0.2) is 18.2 Å². The molecule has 3 N–H and O–H groups in total. The van der Waals surface area contributed by atoms with E-state index in [0.29, 0.717) is 11.4 Å². The summed E-state index contributed by atoms with van der Waals surface area (Å²) >= 11 is 0. The number of para-hydroxylation sites is 1. The zero-order valence-corrected chi connectivity index (χ0v) is 7.10. The SMILES string of the molecule is CCCNc1c(N)cccc1F. The molecule has 0 saturated carbocycles. The highest BCUT2D eigenvalue weighted by Crippen LogP contribution is 2.21. The molecule has 66 valence electrons. The Morgan fingerprint density at radius 2 is 2.25 bits per heavy atom. The molecule has 1 rings (SSSR count). The fourth-order valence-electron chi connectivity index (χ4n) is 0.977. The second-order valence-corrected chi connectivity index (χ2v) is 2.63. The summed E-state index contributed by atoms with van der Waals surface area (Å²) in [5.74, 6) is -0.288. The molecule has 1 aromatic carbocycles. The largest absolute Gasteiger partial charge is 0.397 e. The van der Waals surface area contributed by atoms with Gasteiger partial charge in [-0.25, -0.2) is 4.39 Å². The van der Waals surface area contributed by atoms with Gasteiger partial charge in [0.25, 0.3) is 0 Å². The highest BCUT2D eigenvalue weighted by Gasteiger charge is 2.02. The van der Waals surface area contributed by atoms with Crippen molar-refractivity contribution in [2.24, 2.45) is 0 Å². The van der Waals surface area contributed by atoms with Gasteiger partial charge in [-0.05, 0) is 18.6 Å². The van der Waals surface area contributed by atoms with Crippen molar-refractivity contribution in [3.63, 3.8) is 0 Å². The summed E-state index contributed by atoms with van der Waals surface area (Å²) in [6, 6.07) is 4.68. The van der Waals surface area contributed by atoms with Crippen molar-refractivity contribution < 1.29 is 4.39 Å². The summed E-state index contributed by atoms with van der Waals surface area (Å²) in [4.78, 5) is 0. The molecule has 0 bridgehead atoms. The van der Waals surface area contributed by atoms with Crippen molar-refractivity contribution >= 4 is 11.4 Å². The van der Waals surface area contributed by atoms with E-state index in [4.69, 9.17) is 5.73 Å². The molecule has 0 aliphatic carbocycles. The monoisotopic (exact) mass is 168 g/mol. The Hall–Kier alpha value is -1.25. The zero-order valence-electron chi connectivity index (χ0n) is 7.10. The average Bonchev–Trinajstić information content (AvgIpc) is 2.04. The van der Waals surface area contributed by atoms with Crippen LogP contribution < -0.4 is 11.1 Å². The van der Waals surface area contributed by atoms with Crippen LogP contribution in [0.3, 0.4) is 0 Å². The molecule has 1 aromatic rings. The number of rotatable bonds is 3. The minimum absolute atomic E-state index is 0.288. The lowest BCUT2D eigenvalue weighted by Crippen LogP contribution is -2.04. The maximum Gasteiger partial charge on any atom is 0.148 e. The van der Waals surface area contributed by atoms with Crippen LogP contribution in [-0.2, 0) is 0 Å². The summed E-state index contributed by atoms with van der Waals surface area (Å²) in [6.45, 7) is 2.76. The molecule has 0 aliphatic rings. The molecule has 0 unspecified atom stereocenters. The van der Waals surface area contributed by atoms with E-state index in [1.165, 1.54) is 6.07 Å². The van der Waals surface area contributed by atoms with Gasteiger partial charge in [0, 0.05) is 6.54 Å². The Kier molecular flexibility index (Phi) is 2.91. The zero-order chi connectivity index (χ0) is 8.97. The quantitative estimate of drug-likeness (QED) is 0.679. The van der Waals surface area contributed by atoms with E-state index in [2.05, 4.69) is 5.32 Å². The minimum atomic E-state index is -0.288. The van der Waals surface area contributed by atoms with Crippen molar-refractivity contribution in [3.8, 4) is 0 Å². The maximum absolute atomic E-state index is 13.0. The number of nitrogens with one attached hydrogen (secondary N) is 1. The molecule has 2 nitrogen and oxygen atoms in total. The van der Waals surface area contributed by atoms with Crippen LogP contribution in [0, 0.1) is 5.82 Å². The molecule has 0 amide bonds. The first-order valence-corrected chi connectivity index (χ1v) is 4.03. The number of hydrogen-bond acceptors (Lipinski definition) is 2. The number of nitrogens with two attached hydrogens (primary N) is 1. The van der Waals surface area contributed by atoms with Crippen molar-refractivity contribution in [2.75, 3.05) is 17.6 Å². The van der Waals surface area contributed by atoms with Crippen LogP contribution in [0.1, 0.15) is 13.3 Å². The summed E-state index contributed by atoms with van der Waals surface area (Å²) in [5.41, 5.74) is 6.44. The predicted octanol–water partition coefficient (Wildman–Crippen LogP) is 2.23. The van der Waals surface area contributed by atoms with E-state index < -0.39 is 0 Å². The molecule has 3 heteroatoms. The fourth-order valence-corrected chi connectivity index (χ4v) is 0.977. The van der Waals surface area contributed by atoms with Crippen molar-refractivity contribution in [1.29, 1.82) is 0 Å². The standard InChI is InChI=1S/C9H13FN2/c1-2-6-12-9-7(10)4-3-5-8(9)11/h3-5,12H,2,6,11H2,1H3. The molecular weight excluding hydrogens is 155 g/mol. The molecule has 0 spiro atoms. The van der Waals surface area contributed by atoms with Gasteiger partial charge in [-0.15, -0.1) is 0 Å². The molecule has 0 aliphatic heterocycles. The lowest BCUT2D eigenvalue weighted by molar-refractivity contribution is 0.630. The van der Waals surface area contributed by atoms with E-state index in [1.54, 1.807) is 12.1 Å². The smallest absolute Gasteiger partial charge is 0.148 e. The van der Waals surface area contributed by atoms with E-state index in [-0.39, 0.29) is 5.82 Å². The fraction of sp³-hybridized carbons (Fsp3) is 0.333. The average molecular weight is 168 g/mol. The van der Waals surface area contributed by atoms with Crippen LogP contribution in [-0.4, -0.2) is 6.54 Å². The number of halogens is 1. The molecule has 0 radical (unpaired) electrons. The Morgan fingerprint density at radius 1 is 1.50 bits per heavy atom. The van der Waals surface area contributed by atoms with E-state index in [0.717, 1.165) is 13.0 Å². The maximum atomic E-state index is 13.0. The van der Waals surface area contributed by atoms with Crippen LogP contribution in [0.4, 0.5) is 15.8 Å². The molecule has 0 saturated heterocycles. The van der Waals surface area contributed by atoms with Gasteiger partial charge in [-0.1, -0.05) is 13.0 Å². The van der Waals surface area contributed by atoms with E-state index in [1.807, 2.05) is 6.92 Å². The van der Waals surface area contributed by atoms with Crippen molar-refractivity contribution in [3.05, 3.63) is 24.0 Å². The van der Waals surface area contributed by atoms with Crippen LogP contribution >= 0.6 is 0 Å². The van der Waals surface area contributed by atoms with Crippen molar-refractivity contribution in [1.82, 2.24) is 0 Å². The van der Waals surface area contributed by atoms with Crippen molar-refractivity contribution in [2.45, 2.75) is 13.3 Å². The molecule has 0 fully saturated rings. The highest BCUT2D eigenvalue weighted by atomic mass is 19.1. The summed E-state index contributed by atoms with van der Waals surface area (Å²) in [7, 11) is 0. The van der Waals surface area contributed by atoms with Gasteiger partial charge in [-0.2, -0.15) is 0 Å². The van der Waals surface area contributed by atoms with Gasteiger partial charge in [0.05, 0.1) is 11.4 Å². The Balaban J connectivity index is 2.81. The molecule has 0 heterocycles. The van der Waals surface area contributed by atoms with Crippen LogP contribution in [0.2, 0.25) is 0 Å². The topological polar surface area (TPSA) is 38.0 Å². The van der Waals surface area contributed by atoms with Crippen LogP contribution in [0.25, 0.3) is 0 Å². The van der Waals surface area contributed by atoms with Gasteiger partial charge >= 0.3 is 0 Å². The van der Waals surface area contributed by atoms with Crippen LogP contribution in [0.5, 0.6) is 0 Å². The minimum Gasteiger partial charge on any atom is -0.397 e. The summed E-state index contributed by atoms with van der Waals surface area (Å²) in [6.07, 6.45) is 0.952. The first-order chi connectivity index (χ1) is 5.75. The number of nitrogen functional groups attached to an aromatic ring is 1. The Bertz CT molecular complexity index is 240. The third kappa shape index (κ3) is 1.87. The number of benzene rings is 1. The van der Waals surface area contributed by atoms with Gasteiger partial charge in [0.2, 0.25) is 0 Å². The number of anilines is 2. The lowest BCUT2D eigenvalue weighted by atomic mass is 10.2. The lowest BCUT2D eigenvalue weighted by Gasteiger charge is -2.08. The van der Waals surface area contributed by atoms with Gasteiger partial charge < -0.3 is 11.1 Å². The second-order valence-electron chi connectivity index (χ2n) is 2.63.